The van der Waals surface area contributed by atoms with Crippen LogP contribution < -0.4 is 0 Å². The highest BCUT2D eigenvalue weighted by molar-refractivity contribution is 9.09. The van der Waals surface area contributed by atoms with Gasteiger partial charge in [-0.1, -0.05) is 63.4 Å². The van der Waals surface area contributed by atoms with Crippen LogP contribution in [-0.2, 0) is 6.42 Å². The van der Waals surface area contributed by atoms with E-state index in [9.17, 15) is 0 Å². The van der Waals surface area contributed by atoms with E-state index in [0.29, 0.717) is 0 Å². The molecule has 2 aromatic carbocycles. The van der Waals surface area contributed by atoms with Gasteiger partial charge in [0.05, 0.1) is 0 Å². The van der Waals surface area contributed by atoms with E-state index in [1.165, 1.54) is 22.3 Å². The number of aryl methyl sites for hydroxylation is 3. The first-order chi connectivity index (χ1) is 8.97. The quantitative estimate of drug-likeness (QED) is 0.608. The number of alkyl halides is 1. The molecule has 2 heteroatoms. The second-order valence-electron chi connectivity index (χ2n) is 5.13. The van der Waals surface area contributed by atoms with E-state index in [2.05, 4.69) is 67.0 Å². The van der Waals surface area contributed by atoms with Crippen LogP contribution in [0, 0.1) is 20.8 Å². The fourth-order valence-electron chi connectivity index (χ4n) is 2.21. The Morgan fingerprint density at radius 2 is 1.63 bits per heavy atom. The summed E-state index contributed by atoms with van der Waals surface area (Å²) in [5.74, 6) is 0. The van der Waals surface area contributed by atoms with E-state index < -0.39 is 0 Å². The van der Waals surface area contributed by atoms with Crippen LogP contribution in [0.4, 0.5) is 0 Å². The molecule has 1 unspecified atom stereocenters. The molecule has 100 valence electrons. The molecule has 0 saturated heterocycles. The minimum atomic E-state index is 0.251. The van der Waals surface area contributed by atoms with Crippen molar-refractivity contribution in [3.05, 3.63) is 69.2 Å². The van der Waals surface area contributed by atoms with Crippen molar-refractivity contribution in [2.75, 3.05) is 0 Å². The van der Waals surface area contributed by atoms with Gasteiger partial charge in [0, 0.05) is 9.85 Å². The molecule has 0 aliphatic rings. The molecule has 0 spiro atoms. The van der Waals surface area contributed by atoms with Gasteiger partial charge in [0.1, 0.15) is 0 Å². The maximum atomic E-state index is 6.33. The molecular formula is C17H18BrCl. The normalized spacial score (nSPS) is 12.5. The van der Waals surface area contributed by atoms with E-state index in [0.717, 1.165) is 17.0 Å². The summed E-state index contributed by atoms with van der Waals surface area (Å²) in [6.45, 7) is 6.35. The summed E-state index contributed by atoms with van der Waals surface area (Å²) < 4.78 is 0. The molecule has 0 aliphatic heterocycles. The molecule has 0 saturated carbocycles. The van der Waals surface area contributed by atoms with Crippen molar-refractivity contribution in [1.29, 1.82) is 0 Å². The molecule has 0 N–H and O–H groups in total. The molecule has 2 rings (SSSR count). The van der Waals surface area contributed by atoms with Crippen LogP contribution >= 0.6 is 27.5 Å². The van der Waals surface area contributed by atoms with E-state index in [1.54, 1.807) is 0 Å². The van der Waals surface area contributed by atoms with Gasteiger partial charge in [-0.25, -0.2) is 0 Å². The van der Waals surface area contributed by atoms with E-state index in [-0.39, 0.29) is 4.83 Å². The summed E-state index contributed by atoms with van der Waals surface area (Å²) in [5, 5.41) is 0.840. The summed E-state index contributed by atoms with van der Waals surface area (Å²) in [7, 11) is 0. The Kier molecular flexibility index (Phi) is 4.70. The average Bonchev–Trinajstić information content (AvgIpc) is 2.33. The second kappa shape index (κ2) is 6.11. The largest absolute Gasteiger partial charge is 0.0840 e. The monoisotopic (exact) mass is 336 g/mol. The van der Waals surface area contributed by atoms with Gasteiger partial charge >= 0.3 is 0 Å². The molecule has 1 atom stereocenters. The lowest BCUT2D eigenvalue weighted by Crippen LogP contribution is -1.99. The third-order valence-corrected chi connectivity index (χ3v) is 4.54. The molecule has 0 amide bonds. The Labute approximate surface area is 128 Å². The maximum absolute atomic E-state index is 6.33. The average molecular weight is 338 g/mol. The van der Waals surface area contributed by atoms with Gasteiger partial charge in [0.25, 0.3) is 0 Å². The Morgan fingerprint density at radius 3 is 2.32 bits per heavy atom. The Morgan fingerprint density at radius 1 is 1.00 bits per heavy atom. The zero-order chi connectivity index (χ0) is 14.0. The molecule has 0 fully saturated rings. The van der Waals surface area contributed by atoms with Crippen LogP contribution in [0.1, 0.15) is 32.6 Å². The molecular weight excluding hydrogens is 320 g/mol. The molecule has 19 heavy (non-hydrogen) atoms. The van der Waals surface area contributed by atoms with Crippen LogP contribution in [0.15, 0.2) is 36.4 Å². The molecule has 0 bridgehead atoms. The van der Waals surface area contributed by atoms with Crippen LogP contribution in [0.3, 0.4) is 0 Å². The molecule has 2 aromatic rings. The van der Waals surface area contributed by atoms with E-state index in [4.69, 9.17) is 11.6 Å². The molecule has 0 heterocycles. The highest BCUT2D eigenvalue weighted by Gasteiger charge is 2.13. The van der Waals surface area contributed by atoms with Gasteiger partial charge < -0.3 is 0 Å². The first kappa shape index (κ1) is 14.6. The van der Waals surface area contributed by atoms with Crippen LogP contribution in [-0.4, -0.2) is 0 Å². The van der Waals surface area contributed by atoms with Crippen molar-refractivity contribution in [2.24, 2.45) is 0 Å². The summed E-state index contributed by atoms with van der Waals surface area (Å²) in [5.41, 5.74) is 6.36. The number of benzene rings is 2. The third-order valence-electron chi connectivity index (χ3n) is 3.40. The van der Waals surface area contributed by atoms with Crippen molar-refractivity contribution < 1.29 is 0 Å². The van der Waals surface area contributed by atoms with Gasteiger partial charge in [0.2, 0.25) is 0 Å². The molecule has 0 aromatic heterocycles. The second-order valence-corrected chi connectivity index (χ2v) is 6.64. The van der Waals surface area contributed by atoms with Crippen LogP contribution in [0.5, 0.6) is 0 Å². The minimum absolute atomic E-state index is 0.251. The number of rotatable bonds is 3. The maximum Gasteiger partial charge on any atom is 0.0452 e. The summed E-state index contributed by atoms with van der Waals surface area (Å²) in [6.07, 6.45) is 0.955. The Balaban J connectivity index is 2.25. The predicted octanol–water partition coefficient (Wildman–Crippen LogP) is 5.94. The standard InChI is InChI=1S/C17H18BrCl/c1-11-4-6-13(3)14(8-11)10-16(18)15-7-5-12(2)9-17(15)19/h4-9,16H,10H2,1-3H3. The van der Waals surface area contributed by atoms with Crippen LogP contribution in [0.25, 0.3) is 0 Å². The first-order valence-corrected chi connectivity index (χ1v) is 7.73. The fourth-order valence-corrected chi connectivity index (χ4v) is 3.46. The summed E-state index contributed by atoms with van der Waals surface area (Å²) in [6, 6.07) is 12.8. The third kappa shape index (κ3) is 3.61. The summed E-state index contributed by atoms with van der Waals surface area (Å²) >= 11 is 10.1. The van der Waals surface area contributed by atoms with Gasteiger partial charge in [-0.15, -0.1) is 0 Å². The minimum Gasteiger partial charge on any atom is -0.0840 e. The van der Waals surface area contributed by atoms with Gasteiger partial charge in [0.15, 0.2) is 0 Å². The SMILES string of the molecule is Cc1ccc(C(Br)Cc2cc(C)ccc2C)c(Cl)c1. The van der Waals surface area contributed by atoms with Crippen molar-refractivity contribution in [3.8, 4) is 0 Å². The number of halogens is 2. The topological polar surface area (TPSA) is 0 Å². The van der Waals surface area contributed by atoms with E-state index >= 15 is 0 Å². The van der Waals surface area contributed by atoms with Crippen LogP contribution in [0.2, 0.25) is 5.02 Å². The zero-order valence-corrected chi connectivity index (χ0v) is 13.8. The van der Waals surface area contributed by atoms with Gasteiger partial charge in [-0.3, -0.25) is 0 Å². The van der Waals surface area contributed by atoms with Crippen molar-refractivity contribution in [1.82, 2.24) is 0 Å². The number of hydrogen-bond donors (Lipinski definition) is 0. The first-order valence-electron chi connectivity index (χ1n) is 6.43. The van der Waals surface area contributed by atoms with Gasteiger partial charge in [-0.05, 0) is 55.5 Å². The smallest absolute Gasteiger partial charge is 0.0452 e. The lowest BCUT2D eigenvalue weighted by atomic mass is 9.98. The summed E-state index contributed by atoms with van der Waals surface area (Å²) in [4.78, 5) is 0.251. The fraction of sp³-hybridized carbons (Fsp3) is 0.294. The molecule has 0 nitrogen and oxygen atoms in total. The number of hydrogen-bond acceptors (Lipinski definition) is 0. The Bertz CT molecular complexity index is 590. The zero-order valence-electron chi connectivity index (χ0n) is 11.5. The highest BCUT2D eigenvalue weighted by atomic mass is 79.9. The Hall–Kier alpha value is -0.790. The van der Waals surface area contributed by atoms with E-state index in [1.807, 2.05) is 6.07 Å². The van der Waals surface area contributed by atoms with Crippen molar-refractivity contribution >= 4 is 27.5 Å². The molecule has 0 radical (unpaired) electrons. The van der Waals surface area contributed by atoms with Crippen molar-refractivity contribution in [2.45, 2.75) is 32.0 Å². The van der Waals surface area contributed by atoms with Gasteiger partial charge in [-0.2, -0.15) is 0 Å². The lowest BCUT2D eigenvalue weighted by molar-refractivity contribution is 0.935. The molecule has 0 aliphatic carbocycles. The predicted molar refractivity (Wildman–Crippen MR) is 87.5 cm³/mol. The van der Waals surface area contributed by atoms with Crippen molar-refractivity contribution in [3.63, 3.8) is 0 Å². The lowest BCUT2D eigenvalue weighted by Gasteiger charge is -2.15. The highest BCUT2D eigenvalue weighted by Crippen LogP contribution is 2.33.